The molecule has 1 aromatic heterocycles. The zero-order valence-electron chi connectivity index (χ0n) is 14.4. The first kappa shape index (κ1) is 18.0. The number of hydrogen-bond donors (Lipinski definition) is 4. The van der Waals surface area contributed by atoms with Gasteiger partial charge in [0, 0.05) is 12.2 Å². The van der Waals surface area contributed by atoms with Gasteiger partial charge in [-0.25, -0.2) is 14.2 Å². The smallest absolute Gasteiger partial charge is 0.346 e. The third-order valence-corrected chi connectivity index (χ3v) is 4.49. The number of nitrogens with zero attached hydrogens (tertiary/aromatic N) is 2. The molecule has 1 aliphatic heterocycles. The molecule has 0 aliphatic carbocycles. The van der Waals surface area contributed by atoms with Crippen molar-refractivity contribution in [2.24, 2.45) is 5.73 Å². The highest BCUT2D eigenvalue weighted by Gasteiger charge is 2.46. The predicted octanol–water partition coefficient (Wildman–Crippen LogP) is 0.495. The van der Waals surface area contributed by atoms with E-state index in [-0.39, 0.29) is 30.2 Å². The summed E-state index contributed by atoms with van der Waals surface area (Å²) in [4.78, 5) is 31.6. The number of nitrogens with two attached hydrogens (primary N) is 1. The Hall–Kier alpha value is -2.78. The molecule has 9 heteroatoms. The number of halogens is 1. The van der Waals surface area contributed by atoms with Crippen LogP contribution in [0.4, 0.5) is 15.9 Å². The predicted molar refractivity (Wildman–Crippen MR) is 93.8 cm³/mol. The second kappa shape index (κ2) is 6.50. The van der Waals surface area contributed by atoms with Gasteiger partial charge in [-0.15, -0.1) is 0 Å². The molecule has 1 aliphatic rings. The first-order chi connectivity index (χ1) is 12.2. The van der Waals surface area contributed by atoms with E-state index >= 15 is 0 Å². The summed E-state index contributed by atoms with van der Waals surface area (Å²) in [5.74, 6) is -0.931. The summed E-state index contributed by atoms with van der Waals surface area (Å²) >= 11 is 0. The van der Waals surface area contributed by atoms with Gasteiger partial charge in [0.2, 0.25) is 0 Å². The van der Waals surface area contributed by atoms with Crippen LogP contribution < -0.4 is 16.7 Å². The van der Waals surface area contributed by atoms with E-state index in [9.17, 15) is 19.1 Å². The van der Waals surface area contributed by atoms with E-state index in [1.807, 2.05) is 0 Å². The molecule has 8 nitrogen and oxygen atoms in total. The Morgan fingerprint density at radius 1 is 1.50 bits per heavy atom. The lowest BCUT2D eigenvalue weighted by atomic mass is 9.87. The molecule has 3 rings (SSSR count). The molecule has 1 atom stereocenters. The lowest BCUT2D eigenvalue weighted by molar-refractivity contribution is -0.0931. The minimum Gasteiger partial charge on any atom is -0.385 e. The number of hydrogen-bond acceptors (Lipinski definition) is 6. The molecule has 1 amide bonds. The minimum atomic E-state index is -1.14. The number of amides is 1. The van der Waals surface area contributed by atoms with E-state index < -0.39 is 29.1 Å². The zero-order chi connectivity index (χ0) is 19.1. The molecule has 0 spiro atoms. The molecule has 1 fully saturated rings. The van der Waals surface area contributed by atoms with Gasteiger partial charge in [0.25, 0.3) is 5.91 Å². The van der Waals surface area contributed by atoms with Crippen molar-refractivity contribution in [3.05, 3.63) is 51.8 Å². The molecule has 0 radical (unpaired) electrons. The number of aromatic nitrogens is 2. The monoisotopic (exact) mass is 361 g/mol. The minimum absolute atomic E-state index is 0.0361. The van der Waals surface area contributed by atoms with Crippen LogP contribution in [0.15, 0.2) is 29.2 Å². The second-order valence-corrected chi connectivity index (χ2v) is 6.64. The lowest BCUT2D eigenvalue weighted by Crippen LogP contribution is -2.70. The summed E-state index contributed by atoms with van der Waals surface area (Å²) in [7, 11) is 0. The van der Waals surface area contributed by atoms with Crippen molar-refractivity contribution in [2.45, 2.75) is 25.5 Å². The third-order valence-electron chi connectivity index (χ3n) is 4.49. The Labute approximate surface area is 148 Å². The van der Waals surface area contributed by atoms with Crippen LogP contribution in [0.3, 0.4) is 0 Å². The molecule has 1 unspecified atom stereocenters. The van der Waals surface area contributed by atoms with Gasteiger partial charge in [0.05, 0.1) is 24.3 Å². The Morgan fingerprint density at radius 3 is 2.81 bits per heavy atom. The molecule has 138 valence electrons. The molecule has 2 heterocycles. The summed E-state index contributed by atoms with van der Waals surface area (Å²) in [6, 6.07) is 4.06. The van der Waals surface area contributed by atoms with Crippen LogP contribution in [0.5, 0.6) is 0 Å². The topological polar surface area (TPSA) is 124 Å². The van der Waals surface area contributed by atoms with Gasteiger partial charge in [0.1, 0.15) is 17.2 Å². The van der Waals surface area contributed by atoms with Crippen LogP contribution in [-0.2, 0) is 0 Å². The van der Waals surface area contributed by atoms with Gasteiger partial charge >= 0.3 is 5.69 Å². The van der Waals surface area contributed by atoms with Crippen LogP contribution in [-0.4, -0.2) is 50.6 Å². The first-order valence-electron chi connectivity index (χ1n) is 8.09. The SMILES string of the molecule is Cc1ccc(Nc2[nH]c(=O)ncc2C(=O)N2CC(O)(C(C)N)C2)c(F)c1. The van der Waals surface area contributed by atoms with Crippen molar-refractivity contribution in [3.8, 4) is 0 Å². The van der Waals surface area contributed by atoms with Crippen LogP contribution in [0, 0.1) is 12.7 Å². The average Bonchev–Trinajstić information content (AvgIpc) is 2.54. The maximum atomic E-state index is 14.1. The lowest BCUT2D eigenvalue weighted by Gasteiger charge is -2.48. The molecule has 2 aromatic rings. The molecule has 5 N–H and O–H groups in total. The number of benzene rings is 1. The standard InChI is InChI=1S/C17H20FN5O3/c1-9-3-4-13(12(18)5-9)21-14-11(6-20-16(25)22-14)15(24)23-7-17(26,8-23)10(2)19/h3-6,10,26H,7-8,19H2,1-2H3,(H2,20,21,22,25). The molecule has 1 aromatic carbocycles. The zero-order valence-corrected chi connectivity index (χ0v) is 14.4. The van der Waals surface area contributed by atoms with E-state index in [4.69, 9.17) is 5.73 Å². The summed E-state index contributed by atoms with van der Waals surface area (Å²) in [5.41, 5.74) is 4.82. The fourth-order valence-electron chi connectivity index (χ4n) is 2.73. The van der Waals surface area contributed by atoms with Gasteiger partial charge in [-0.3, -0.25) is 9.78 Å². The maximum Gasteiger partial charge on any atom is 0.346 e. The number of carbonyl (C=O) groups is 1. The summed E-state index contributed by atoms with van der Waals surface area (Å²) in [6.45, 7) is 3.55. The number of aliphatic hydroxyl groups is 1. The number of anilines is 2. The van der Waals surface area contributed by atoms with E-state index in [1.165, 1.54) is 17.0 Å². The Bertz CT molecular complexity index is 906. The number of aryl methyl sites for hydroxylation is 1. The molecular weight excluding hydrogens is 341 g/mol. The fourth-order valence-corrected chi connectivity index (χ4v) is 2.73. The van der Waals surface area contributed by atoms with E-state index in [2.05, 4.69) is 15.3 Å². The van der Waals surface area contributed by atoms with E-state index in [1.54, 1.807) is 19.9 Å². The van der Waals surface area contributed by atoms with Gasteiger partial charge in [0.15, 0.2) is 0 Å². The Balaban J connectivity index is 1.87. The summed E-state index contributed by atoms with van der Waals surface area (Å²) in [5, 5.41) is 12.9. The number of carbonyl (C=O) groups excluding carboxylic acids is 1. The van der Waals surface area contributed by atoms with Crippen molar-refractivity contribution < 1.29 is 14.3 Å². The molecule has 1 saturated heterocycles. The summed E-state index contributed by atoms with van der Waals surface area (Å²) in [6.07, 6.45) is 1.12. The van der Waals surface area contributed by atoms with Crippen LogP contribution in [0.1, 0.15) is 22.8 Å². The van der Waals surface area contributed by atoms with Crippen molar-refractivity contribution in [1.82, 2.24) is 14.9 Å². The van der Waals surface area contributed by atoms with Crippen molar-refractivity contribution in [3.63, 3.8) is 0 Å². The number of rotatable bonds is 4. The van der Waals surface area contributed by atoms with Crippen molar-refractivity contribution in [2.75, 3.05) is 18.4 Å². The largest absolute Gasteiger partial charge is 0.385 e. The number of H-pyrrole nitrogens is 1. The highest BCUT2D eigenvalue weighted by Crippen LogP contribution is 2.28. The molecule has 0 saturated carbocycles. The first-order valence-corrected chi connectivity index (χ1v) is 8.09. The molecule has 26 heavy (non-hydrogen) atoms. The number of aromatic amines is 1. The average molecular weight is 361 g/mol. The van der Waals surface area contributed by atoms with Gasteiger partial charge < -0.3 is 21.1 Å². The number of likely N-dealkylation sites (tertiary alicyclic amines) is 1. The molecule has 0 bridgehead atoms. The maximum absolute atomic E-state index is 14.1. The number of β-amino-alcohol motifs (C(OH)–C–C–N with tert-alkyl or cyclic N) is 1. The quantitative estimate of drug-likeness (QED) is 0.628. The third kappa shape index (κ3) is 3.31. The van der Waals surface area contributed by atoms with Crippen molar-refractivity contribution in [1.29, 1.82) is 0 Å². The number of nitrogens with one attached hydrogen (secondary N) is 2. The van der Waals surface area contributed by atoms with Gasteiger partial charge in [-0.05, 0) is 31.5 Å². The molecular formula is C17H20FN5O3. The van der Waals surface area contributed by atoms with E-state index in [0.717, 1.165) is 11.8 Å². The van der Waals surface area contributed by atoms with Crippen LogP contribution in [0.25, 0.3) is 0 Å². The normalized spacial score (nSPS) is 16.7. The second-order valence-electron chi connectivity index (χ2n) is 6.64. The Kier molecular flexibility index (Phi) is 4.51. The Morgan fingerprint density at radius 2 is 2.19 bits per heavy atom. The fraction of sp³-hybridized carbons (Fsp3) is 0.353. The van der Waals surface area contributed by atoms with E-state index in [0.29, 0.717) is 0 Å². The van der Waals surface area contributed by atoms with Gasteiger partial charge in [-0.2, -0.15) is 0 Å². The highest BCUT2D eigenvalue weighted by molar-refractivity contribution is 5.99. The highest BCUT2D eigenvalue weighted by atomic mass is 19.1. The van der Waals surface area contributed by atoms with Gasteiger partial charge in [-0.1, -0.05) is 6.07 Å². The van der Waals surface area contributed by atoms with Crippen LogP contribution in [0.2, 0.25) is 0 Å². The summed E-state index contributed by atoms with van der Waals surface area (Å²) < 4.78 is 14.1. The van der Waals surface area contributed by atoms with Crippen LogP contribution >= 0.6 is 0 Å². The van der Waals surface area contributed by atoms with Crippen molar-refractivity contribution >= 4 is 17.4 Å².